The summed E-state index contributed by atoms with van der Waals surface area (Å²) in [6, 6.07) is 20.4. The zero-order chi connectivity index (χ0) is 21.9. The summed E-state index contributed by atoms with van der Waals surface area (Å²) in [5.41, 5.74) is 4.73. The first-order valence-corrected chi connectivity index (χ1v) is 11.5. The molecule has 0 unspecified atom stereocenters. The van der Waals surface area contributed by atoms with E-state index in [0.717, 1.165) is 30.9 Å². The fourth-order valence-electron chi connectivity index (χ4n) is 4.02. The lowest BCUT2D eigenvalue weighted by atomic mass is 9.99. The number of hydrogen-bond donors (Lipinski definition) is 0. The average molecular weight is 445 g/mol. The van der Waals surface area contributed by atoms with E-state index >= 15 is 0 Å². The number of aromatic nitrogens is 2. The molecule has 5 rings (SSSR count). The van der Waals surface area contributed by atoms with Gasteiger partial charge in [0.05, 0.1) is 11.4 Å². The van der Waals surface area contributed by atoms with Gasteiger partial charge < -0.3 is 9.42 Å². The van der Waals surface area contributed by atoms with Crippen molar-refractivity contribution in [2.75, 3.05) is 13.6 Å². The van der Waals surface area contributed by atoms with Gasteiger partial charge in [-0.25, -0.2) is 0 Å². The van der Waals surface area contributed by atoms with Crippen molar-refractivity contribution in [1.82, 2.24) is 19.9 Å². The highest BCUT2D eigenvalue weighted by Crippen LogP contribution is 2.22. The molecule has 0 N–H and O–H groups in total. The molecule has 0 bridgehead atoms. The molecule has 0 aliphatic carbocycles. The van der Waals surface area contributed by atoms with Crippen LogP contribution in [0.15, 0.2) is 70.6 Å². The van der Waals surface area contributed by atoms with Crippen LogP contribution in [0.3, 0.4) is 0 Å². The number of fused-ring (bicyclic) bond motifs is 1. The molecular weight excluding hydrogens is 420 g/mol. The highest BCUT2D eigenvalue weighted by Gasteiger charge is 2.18. The minimum absolute atomic E-state index is 0.0701. The van der Waals surface area contributed by atoms with E-state index in [9.17, 15) is 4.79 Å². The largest absolute Gasteiger partial charge is 0.337 e. The van der Waals surface area contributed by atoms with Crippen molar-refractivity contribution in [3.63, 3.8) is 0 Å². The van der Waals surface area contributed by atoms with Crippen LogP contribution in [0.4, 0.5) is 0 Å². The molecule has 4 aromatic rings. The molecule has 0 saturated heterocycles. The van der Waals surface area contributed by atoms with E-state index in [1.807, 2.05) is 41.8 Å². The Morgan fingerprint density at radius 3 is 2.69 bits per heavy atom. The Hall–Kier alpha value is -3.29. The molecule has 162 valence electrons. The van der Waals surface area contributed by atoms with Crippen LogP contribution in [0.5, 0.6) is 0 Å². The van der Waals surface area contributed by atoms with Gasteiger partial charge >= 0.3 is 0 Å². The van der Waals surface area contributed by atoms with Crippen molar-refractivity contribution >= 4 is 17.2 Å². The number of nitrogens with zero attached hydrogens (tertiary/aromatic N) is 4. The van der Waals surface area contributed by atoms with Gasteiger partial charge in [0.2, 0.25) is 11.7 Å². The third kappa shape index (κ3) is 4.49. The van der Waals surface area contributed by atoms with Crippen LogP contribution < -0.4 is 0 Å². The van der Waals surface area contributed by atoms with Crippen molar-refractivity contribution in [3.8, 4) is 10.7 Å². The topological polar surface area (TPSA) is 62.5 Å². The predicted octanol–water partition coefficient (Wildman–Crippen LogP) is 4.63. The molecule has 6 nitrogen and oxygen atoms in total. The SMILES string of the molecule is CN(Cc1nc(-c2cccs2)no1)C(=O)c1ccc(CN2CCc3ccccc3C2)cc1. The molecule has 0 saturated carbocycles. The van der Waals surface area contributed by atoms with Crippen molar-refractivity contribution < 1.29 is 9.32 Å². The van der Waals surface area contributed by atoms with Gasteiger partial charge in [-0.1, -0.05) is 47.6 Å². The summed E-state index contributed by atoms with van der Waals surface area (Å²) in [5.74, 6) is 0.908. The summed E-state index contributed by atoms with van der Waals surface area (Å²) in [7, 11) is 1.75. The van der Waals surface area contributed by atoms with Crippen molar-refractivity contribution in [3.05, 3.63) is 94.2 Å². The zero-order valence-electron chi connectivity index (χ0n) is 17.9. The van der Waals surface area contributed by atoms with E-state index in [2.05, 4.69) is 39.3 Å². The Morgan fingerprint density at radius 1 is 1.09 bits per heavy atom. The molecule has 1 aliphatic heterocycles. The number of benzene rings is 2. The van der Waals surface area contributed by atoms with Crippen LogP contribution in [0, 0.1) is 0 Å². The van der Waals surface area contributed by atoms with E-state index in [1.54, 1.807) is 23.3 Å². The van der Waals surface area contributed by atoms with Crippen LogP contribution >= 0.6 is 11.3 Å². The number of carbonyl (C=O) groups is 1. The van der Waals surface area contributed by atoms with Crippen LogP contribution in [0.2, 0.25) is 0 Å². The van der Waals surface area contributed by atoms with E-state index < -0.39 is 0 Å². The summed E-state index contributed by atoms with van der Waals surface area (Å²) in [6.07, 6.45) is 1.08. The maximum atomic E-state index is 12.9. The van der Waals surface area contributed by atoms with Crippen LogP contribution in [-0.4, -0.2) is 39.4 Å². The van der Waals surface area contributed by atoms with Gasteiger partial charge in [-0.15, -0.1) is 11.3 Å². The lowest BCUT2D eigenvalue weighted by Crippen LogP contribution is -2.30. The van der Waals surface area contributed by atoms with Gasteiger partial charge in [0.25, 0.3) is 5.91 Å². The fourth-order valence-corrected chi connectivity index (χ4v) is 4.67. The molecule has 1 aliphatic rings. The van der Waals surface area contributed by atoms with E-state index in [4.69, 9.17) is 4.52 Å². The summed E-state index contributed by atoms with van der Waals surface area (Å²) in [4.78, 5) is 22.2. The van der Waals surface area contributed by atoms with Gasteiger partial charge in [-0.3, -0.25) is 9.69 Å². The van der Waals surface area contributed by atoms with Crippen LogP contribution in [-0.2, 0) is 26.1 Å². The quantitative estimate of drug-likeness (QED) is 0.434. The molecule has 0 spiro atoms. The van der Waals surface area contributed by atoms with Crippen LogP contribution in [0.1, 0.15) is 32.9 Å². The number of thiophene rings is 1. The number of hydrogen-bond acceptors (Lipinski definition) is 6. The molecule has 7 heteroatoms. The van der Waals surface area contributed by atoms with Gasteiger partial charge in [-0.05, 0) is 46.7 Å². The van der Waals surface area contributed by atoms with Crippen molar-refractivity contribution in [2.45, 2.75) is 26.1 Å². The van der Waals surface area contributed by atoms with Gasteiger partial charge in [0.1, 0.15) is 0 Å². The molecular formula is C25H24N4O2S. The second-order valence-corrected chi connectivity index (χ2v) is 9.02. The average Bonchev–Trinajstić information content (AvgIpc) is 3.51. The van der Waals surface area contributed by atoms with Gasteiger partial charge in [-0.2, -0.15) is 4.98 Å². The third-order valence-electron chi connectivity index (χ3n) is 5.75. The minimum atomic E-state index is -0.0701. The Morgan fingerprint density at radius 2 is 1.91 bits per heavy atom. The highest BCUT2D eigenvalue weighted by molar-refractivity contribution is 7.13. The normalized spacial score (nSPS) is 13.7. The molecule has 32 heavy (non-hydrogen) atoms. The van der Waals surface area contributed by atoms with Crippen molar-refractivity contribution in [2.24, 2.45) is 0 Å². The summed E-state index contributed by atoms with van der Waals surface area (Å²) >= 11 is 1.55. The lowest BCUT2D eigenvalue weighted by molar-refractivity contribution is 0.0769. The Labute approximate surface area is 191 Å². The first-order chi connectivity index (χ1) is 15.7. The van der Waals surface area contributed by atoms with E-state index in [1.165, 1.54) is 16.7 Å². The number of amides is 1. The highest BCUT2D eigenvalue weighted by atomic mass is 32.1. The summed E-state index contributed by atoms with van der Waals surface area (Å²) in [6.45, 7) is 3.17. The number of rotatable bonds is 6. The van der Waals surface area contributed by atoms with E-state index in [-0.39, 0.29) is 12.5 Å². The lowest BCUT2D eigenvalue weighted by Gasteiger charge is -2.28. The second kappa shape index (κ2) is 9.06. The Balaban J connectivity index is 1.19. The van der Waals surface area contributed by atoms with Crippen molar-refractivity contribution in [1.29, 1.82) is 0 Å². The first-order valence-electron chi connectivity index (χ1n) is 10.7. The first kappa shape index (κ1) is 20.6. The van der Waals surface area contributed by atoms with Gasteiger partial charge in [0.15, 0.2) is 0 Å². The predicted molar refractivity (Wildman–Crippen MR) is 124 cm³/mol. The second-order valence-electron chi connectivity index (χ2n) is 8.08. The molecule has 0 fully saturated rings. The maximum absolute atomic E-state index is 12.9. The smallest absolute Gasteiger partial charge is 0.254 e. The Bertz CT molecular complexity index is 1200. The Kier molecular flexibility index (Phi) is 5.83. The van der Waals surface area contributed by atoms with Crippen LogP contribution in [0.25, 0.3) is 10.7 Å². The number of carbonyl (C=O) groups excluding carboxylic acids is 1. The summed E-state index contributed by atoms with van der Waals surface area (Å²) in [5, 5.41) is 5.97. The molecule has 0 atom stereocenters. The fraction of sp³-hybridized carbons (Fsp3) is 0.240. The minimum Gasteiger partial charge on any atom is -0.337 e. The standard InChI is InChI=1S/C25H24N4O2S/c1-28(17-23-26-24(27-31-23)22-7-4-14-32-22)25(30)20-10-8-18(9-11-20)15-29-13-12-19-5-2-3-6-21(19)16-29/h2-11,14H,12-13,15-17H2,1H3. The summed E-state index contributed by atoms with van der Waals surface area (Å²) < 4.78 is 5.32. The third-order valence-corrected chi connectivity index (χ3v) is 6.61. The van der Waals surface area contributed by atoms with E-state index in [0.29, 0.717) is 17.3 Å². The van der Waals surface area contributed by atoms with Gasteiger partial charge in [0, 0.05) is 32.2 Å². The molecule has 0 radical (unpaired) electrons. The molecule has 2 aromatic carbocycles. The monoisotopic (exact) mass is 444 g/mol. The maximum Gasteiger partial charge on any atom is 0.254 e. The molecule has 2 aromatic heterocycles. The molecule has 1 amide bonds. The zero-order valence-corrected chi connectivity index (χ0v) is 18.7. The molecule has 3 heterocycles.